The van der Waals surface area contributed by atoms with Crippen LogP contribution in [-0.4, -0.2) is 49.9 Å². The number of nitrogens with one attached hydrogen (secondary N) is 1. The summed E-state index contributed by atoms with van der Waals surface area (Å²) in [4.78, 5) is 6.49. The Bertz CT molecular complexity index is 644. The topological polar surface area (TPSA) is 61.8 Å². The third kappa shape index (κ3) is 6.15. The van der Waals surface area contributed by atoms with Crippen molar-refractivity contribution in [2.75, 3.05) is 25.9 Å². The minimum absolute atomic E-state index is 0.0593. The van der Waals surface area contributed by atoms with Gasteiger partial charge in [0.2, 0.25) is 0 Å². The van der Waals surface area contributed by atoms with Gasteiger partial charge in [0, 0.05) is 20.1 Å². The van der Waals surface area contributed by atoms with Gasteiger partial charge in [-0.3, -0.25) is 4.99 Å². The lowest BCUT2D eigenvalue weighted by molar-refractivity contribution is 0.477. The monoisotopic (exact) mass is 353 g/mol. The largest absolute Gasteiger partial charge is 0.357 e. The highest BCUT2D eigenvalue weighted by molar-refractivity contribution is 7.92. The Morgan fingerprint density at radius 1 is 1.21 bits per heavy atom. The Morgan fingerprint density at radius 2 is 1.79 bits per heavy atom. The molecule has 0 bridgehead atoms. The van der Waals surface area contributed by atoms with E-state index in [-0.39, 0.29) is 12.3 Å². The number of guanidine groups is 1. The summed E-state index contributed by atoms with van der Waals surface area (Å²) >= 11 is 0. The van der Waals surface area contributed by atoms with E-state index in [9.17, 15) is 8.42 Å². The molecule has 0 heterocycles. The van der Waals surface area contributed by atoms with Crippen LogP contribution in [0.15, 0.2) is 29.3 Å². The van der Waals surface area contributed by atoms with Gasteiger partial charge in [-0.15, -0.1) is 0 Å². The Kier molecular flexibility index (Phi) is 7.27. The predicted octanol–water partition coefficient (Wildman–Crippen LogP) is 2.61. The van der Waals surface area contributed by atoms with E-state index in [2.05, 4.69) is 41.5 Å². The van der Waals surface area contributed by atoms with Crippen LogP contribution in [0.25, 0.3) is 0 Å². The summed E-state index contributed by atoms with van der Waals surface area (Å²) in [6.07, 6.45) is 0. The van der Waals surface area contributed by atoms with Crippen LogP contribution in [0.2, 0.25) is 0 Å². The molecule has 0 aliphatic heterocycles. The third-order valence-corrected chi connectivity index (χ3v) is 6.38. The molecule has 1 aromatic rings. The van der Waals surface area contributed by atoms with Crippen molar-refractivity contribution < 1.29 is 8.42 Å². The van der Waals surface area contributed by atoms with Crippen LogP contribution < -0.4 is 5.32 Å². The molecule has 0 saturated heterocycles. The molecule has 5 nitrogen and oxygen atoms in total. The first-order valence-electron chi connectivity index (χ1n) is 8.34. The minimum Gasteiger partial charge on any atom is -0.357 e. The van der Waals surface area contributed by atoms with Crippen LogP contribution in [0.5, 0.6) is 0 Å². The SMILES string of the molecule is CCNC(=NCCS(=O)(=O)C(C)(C)C)N(C)Cc1ccc(C)cc1. The number of nitrogens with zero attached hydrogens (tertiary/aromatic N) is 2. The zero-order valence-corrected chi connectivity index (χ0v) is 16.6. The average molecular weight is 354 g/mol. The highest BCUT2D eigenvalue weighted by Gasteiger charge is 2.28. The second-order valence-electron chi connectivity index (χ2n) is 7.01. The summed E-state index contributed by atoms with van der Waals surface area (Å²) in [5.41, 5.74) is 2.42. The number of rotatable bonds is 6. The third-order valence-electron chi connectivity index (χ3n) is 3.79. The fraction of sp³-hybridized carbons (Fsp3) is 0.611. The van der Waals surface area contributed by atoms with Crippen LogP contribution in [0.1, 0.15) is 38.8 Å². The number of benzene rings is 1. The molecular weight excluding hydrogens is 322 g/mol. The maximum atomic E-state index is 12.2. The molecular formula is C18H31N3O2S. The summed E-state index contributed by atoms with van der Waals surface area (Å²) in [6.45, 7) is 11.0. The molecule has 1 N–H and O–H groups in total. The van der Waals surface area contributed by atoms with Gasteiger partial charge in [0.05, 0.1) is 17.0 Å². The summed E-state index contributed by atoms with van der Waals surface area (Å²) < 4.78 is 23.6. The number of hydrogen-bond acceptors (Lipinski definition) is 3. The van der Waals surface area contributed by atoms with Crippen molar-refractivity contribution in [3.05, 3.63) is 35.4 Å². The van der Waals surface area contributed by atoms with E-state index < -0.39 is 14.6 Å². The van der Waals surface area contributed by atoms with Crippen LogP contribution in [-0.2, 0) is 16.4 Å². The first kappa shape index (κ1) is 20.5. The van der Waals surface area contributed by atoms with E-state index in [4.69, 9.17) is 0 Å². The molecule has 0 spiro atoms. The van der Waals surface area contributed by atoms with Crippen molar-refractivity contribution in [1.29, 1.82) is 0 Å². The Morgan fingerprint density at radius 3 is 2.29 bits per heavy atom. The normalized spacial score (nSPS) is 13.0. The van der Waals surface area contributed by atoms with Crippen molar-refractivity contribution in [2.24, 2.45) is 4.99 Å². The van der Waals surface area contributed by atoms with Gasteiger partial charge in [-0.1, -0.05) is 29.8 Å². The Labute approximate surface area is 147 Å². The van der Waals surface area contributed by atoms with Gasteiger partial charge in [0.25, 0.3) is 0 Å². The second-order valence-corrected chi connectivity index (χ2v) is 9.87. The number of aliphatic imine (C=N–C) groups is 1. The first-order chi connectivity index (χ1) is 11.1. The van der Waals surface area contributed by atoms with Crippen molar-refractivity contribution in [3.8, 4) is 0 Å². The molecule has 24 heavy (non-hydrogen) atoms. The number of sulfone groups is 1. The lowest BCUT2D eigenvalue weighted by Gasteiger charge is -2.23. The molecule has 0 amide bonds. The lowest BCUT2D eigenvalue weighted by Crippen LogP contribution is -2.39. The van der Waals surface area contributed by atoms with Crippen molar-refractivity contribution >= 4 is 15.8 Å². The predicted molar refractivity (Wildman–Crippen MR) is 102 cm³/mol. The van der Waals surface area contributed by atoms with Crippen LogP contribution >= 0.6 is 0 Å². The van der Waals surface area contributed by atoms with Gasteiger partial charge >= 0.3 is 0 Å². The molecule has 6 heteroatoms. The average Bonchev–Trinajstić information content (AvgIpc) is 2.47. The van der Waals surface area contributed by atoms with Gasteiger partial charge in [-0.05, 0) is 40.2 Å². The summed E-state index contributed by atoms with van der Waals surface area (Å²) in [7, 11) is -1.19. The van der Waals surface area contributed by atoms with E-state index in [1.54, 1.807) is 20.8 Å². The quantitative estimate of drug-likeness (QED) is 0.631. The zero-order valence-electron chi connectivity index (χ0n) is 15.8. The number of aryl methyl sites for hydroxylation is 1. The van der Waals surface area contributed by atoms with Crippen molar-refractivity contribution in [2.45, 2.75) is 45.9 Å². The molecule has 0 fully saturated rings. The fourth-order valence-corrected chi connectivity index (χ4v) is 3.03. The van der Waals surface area contributed by atoms with E-state index >= 15 is 0 Å². The summed E-state index contributed by atoms with van der Waals surface area (Å²) in [5, 5.41) is 3.22. The van der Waals surface area contributed by atoms with Crippen LogP contribution in [0, 0.1) is 6.92 Å². The van der Waals surface area contributed by atoms with Gasteiger partial charge < -0.3 is 10.2 Å². The fourth-order valence-electron chi connectivity index (χ4n) is 2.09. The van der Waals surface area contributed by atoms with E-state index in [1.807, 2.05) is 18.9 Å². The van der Waals surface area contributed by atoms with E-state index in [0.717, 1.165) is 19.0 Å². The molecule has 1 rings (SSSR count). The Balaban J connectivity index is 2.76. The van der Waals surface area contributed by atoms with Crippen LogP contribution in [0.4, 0.5) is 0 Å². The maximum Gasteiger partial charge on any atom is 0.193 e. The molecule has 0 atom stereocenters. The molecule has 0 saturated carbocycles. The van der Waals surface area contributed by atoms with Gasteiger partial charge in [-0.2, -0.15) is 0 Å². The standard InChI is InChI=1S/C18H31N3O2S/c1-7-19-17(20-12-13-24(22,23)18(3,4)5)21(6)14-16-10-8-15(2)9-11-16/h8-11H,7,12-14H2,1-6H3,(H,19,20). The maximum absolute atomic E-state index is 12.2. The Hall–Kier alpha value is -1.56. The van der Waals surface area contributed by atoms with Gasteiger partial charge in [0.15, 0.2) is 15.8 Å². The lowest BCUT2D eigenvalue weighted by atomic mass is 10.1. The van der Waals surface area contributed by atoms with E-state index in [0.29, 0.717) is 0 Å². The molecule has 0 aromatic heterocycles. The van der Waals surface area contributed by atoms with Crippen LogP contribution in [0.3, 0.4) is 0 Å². The molecule has 0 aliphatic rings. The van der Waals surface area contributed by atoms with Crippen molar-refractivity contribution in [1.82, 2.24) is 10.2 Å². The molecule has 136 valence electrons. The smallest absolute Gasteiger partial charge is 0.193 e. The van der Waals surface area contributed by atoms with Gasteiger partial charge in [0.1, 0.15) is 0 Å². The van der Waals surface area contributed by atoms with Crippen molar-refractivity contribution in [3.63, 3.8) is 0 Å². The minimum atomic E-state index is -3.15. The second kappa shape index (κ2) is 8.51. The summed E-state index contributed by atoms with van der Waals surface area (Å²) in [6, 6.07) is 8.37. The zero-order chi connectivity index (χ0) is 18.4. The molecule has 0 unspecified atom stereocenters. The molecule has 0 radical (unpaired) electrons. The first-order valence-corrected chi connectivity index (χ1v) is 9.99. The highest BCUT2D eigenvalue weighted by atomic mass is 32.2. The van der Waals surface area contributed by atoms with Gasteiger partial charge in [-0.25, -0.2) is 8.42 Å². The molecule has 0 aliphatic carbocycles. The molecule has 1 aromatic carbocycles. The number of hydrogen-bond donors (Lipinski definition) is 1. The van der Waals surface area contributed by atoms with E-state index in [1.165, 1.54) is 11.1 Å². The highest BCUT2D eigenvalue weighted by Crippen LogP contribution is 2.15. The summed E-state index contributed by atoms with van der Waals surface area (Å²) in [5.74, 6) is 0.784.